The summed E-state index contributed by atoms with van der Waals surface area (Å²) in [6.07, 6.45) is 4.19. The first-order valence-corrected chi connectivity index (χ1v) is 6.78. The number of anilines is 1. The van der Waals surface area contributed by atoms with Gasteiger partial charge in [0.1, 0.15) is 5.75 Å². The van der Waals surface area contributed by atoms with Crippen LogP contribution >= 0.6 is 11.6 Å². The summed E-state index contributed by atoms with van der Waals surface area (Å²) >= 11 is 5.99. The van der Waals surface area contributed by atoms with Crippen LogP contribution in [-0.4, -0.2) is 16.5 Å². The van der Waals surface area contributed by atoms with Gasteiger partial charge < -0.3 is 10.1 Å². The number of hydrogen-bond acceptors (Lipinski definition) is 5. The summed E-state index contributed by atoms with van der Waals surface area (Å²) in [5.41, 5.74) is 0.735. The molecular formula is C14H14ClN3O3. The van der Waals surface area contributed by atoms with Gasteiger partial charge >= 0.3 is 0 Å². The molecular weight excluding hydrogens is 294 g/mol. The second kappa shape index (κ2) is 6.90. The van der Waals surface area contributed by atoms with Crippen LogP contribution < -0.4 is 10.1 Å². The van der Waals surface area contributed by atoms with Crippen molar-refractivity contribution in [3.05, 3.63) is 51.8 Å². The van der Waals surface area contributed by atoms with E-state index in [0.717, 1.165) is 18.7 Å². The van der Waals surface area contributed by atoms with Crippen LogP contribution in [0.15, 0.2) is 36.7 Å². The van der Waals surface area contributed by atoms with Crippen molar-refractivity contribution in [2.24, 2.45) is 0 Å². The van der Waals surface area contributed by atoms with Crippen LogP contribution in [-0.2, 0) is 0 Å². The van der Waals surface area contributed by atoms with E-state index in [9.17, 15) is 10.1 Å². The lowest BCUT2D eigenvalue weighted by Crippen LogP contribution is -2.00. The normalized spacial score (nSPS) is 10.2. The minimum Gasteiger partial charge on any atom is -0.454 e. The minimum atomic E-state index is -0.499. The van der Waals surface area contributed by atoms with E-state index in [1.807, 2.05) is 0 Å². The average molecular weight is 308 g/mol. The quantitative estimate of drug-likeness (QED) is 0.637. The highest BCUT2D eigenvalue weighted by Crippen LogP contribution is 2.33. The molecule has 0 atom stereocenters. The van der Waals surface area contributed by atoms with Gasteiger partial charge in [0.15, 0.2) is 5.75 Å². The predicted octanol–water partition coefficient (Wildman–Crippen LogP) is 4.26. The van der Waals surface area contributed by atoms with Gasteiger partial charge in [-0.25, -0.2) is 0 Å². The van der Waals surface area contributed by atoms with Crippen LogP contribution in [0.5, 0.6) is 11.5 Å². The Labute approximate surface area is 126 Å². The number of rotatable bonds is 6. The van der Waals surface area contributed by atoms with Gasteiger partial charge in [-0.3, -0.25) is 15.1 Å². The highest BCUT2D eigenvalue weighted by atomic mass is 35.5. The number of aromatic nitrogens is 1. The monoisotopic (exact) mass is 307 g/mol. The molecule has 1 heterocycles. The summed E-state index contributed by atoms with van der Waals surface area (Å²) < 4.78 is 5.58. The first-order chi connectivity index (χ1) is 10.1. The Bertz CT molecular complexity index is 649. The van der Waals surface area contributed by atoms with E-state index in [-0.39, 0.29) is 11.4 Å². The Morgan fingerprint density at radius 3 is 2.90 bits per heavy atom. The van der Waals surface area contributed by atoms with Crippen molar-refractivity contribution in [2.45, 2.75) is 13.3 Å². The zero-order chi connectivity index (χ0) is 15.2. The maximum absolute atomic E-state index is 10.8. The van der Waals surface area contributed by atoms with Crippen LogP contribution in [0.3, 0.4) is 0 Å². The van der Waals surface area contributed by atoms with Crippen molar-refractivity contribution in [1.29, 1.82) is 0 Å². The number of nitro benzene ring substituents is 1. The number of ether oxygens (including phenoxy) is 1. The van der Waals surface area contributed by atoms with Crippen molar-refractivity contribution in [1.82, 2.24) is 4.98 Å². The molecule has 0 amide bonds. The van der Waals surface area contributed by atoms with Gasteiger partial charge in [0.25, 0.3) is 5.69 Å². The molecule has 0 radical (unpaired) electrons. The number of hydrogen-bond donors (Lipinski definition) is 1. The molecule has 21 heavy (non-hydrogen) atoms. The number of halogens is 1. The van der Waals surface area contributed by atoms with Gasteiger partial charge in [0.2, 0.25) is 0 Å². The molecule has 0 fully saturated rings. The van der Waals surface area contributed by atoms with Crippen molar-refractivity contribution in [2.75, 3.05) is 11.9 Å². The minimum absolute atomic E-state index is 0.0809. The first kappa shape index (κ1) is 15.1. The molecule has 0 spiro atoms. The van der Waals surface area contributed by atoms with E-state index < -0.39 is 4.92 Å². The van der Waals surface area contributed by atoms with E-state index in [4.69, 9.17) is 16.3 Å². The molecule has 0 saturated carbocycles. The third-order valence-corrected chi connectivity index (χ3v) is 2.96. The fourth-order valence-corrected chi connectivity index (χ4v) is 1.81. The SMILES string of the molecule is CCCNc1cncc(Oc2cc([N+](=O)[O-])ccc2Cl)c1. The summed E-state index contributed by atoms with van der Waals surface area (Å²) in [6, 6.07) is 5.81. The van der Waals surface area contributed by atoms with E-state index in [0.29, 0.717) is 10.8 Å². The van der Waals surface area contributed by atoms with E-state index in [1.165, 1.54) is 24.4 Å². The molecule has 7 heteroatoms. The van der Waals surface area contributed by atoms with Gasteiger partial charge in [-0.1, -0.05) is 18.5 Å². The summed E-state index contributed by atoms with van der Waals surface area (Å²) in [7, 11) is 0. The van der Waals surface area contributed by atoms with E-state index in [2.05, 4.69) is 17.2 Å². The summed E-state index contributed by atoms with van der Waals surface area (Å²) in [5.74, 6) is 0.679. The Morgan fingerprint density at radius 1 is 1.38 bits per heavy atom. The Kier molecular flexibility index (Phi) is 4.94. The van der Waals surface area contributed by atoms with Crippen LogP contribution in [0.4, 0.5) is 11.4 Å². The van der Waals surface area contributed by atoms with Gasteiger partial charge in [-0.15, -0.1) is 0 Å². The molecule has 0 bridgehead atoms. The van der Waals surface area contributed by atoms with E-state index in [1.54, 1.807) is 12.3 Å². The highest BCUT2D eigenvalue weighted by molar-refractivity contribution is 6.32. The molecule has 1 aromatic carbocycles. The van der Waals surface area contributed by atoms with Crippen molar-refractivity contribution < 1.29 is 9.66 Å². The lowest BCUT2D eigenvalue weighted by atomic mass is 10.3. The fraction of sp³-hybridized carbons (Fsp3) is 0.214. The first-order valence-electron chi connectivity index (χ1n) is 6.41. The van der Waals surface area contributed by atoms with Crippen LogP contribution in [0.2, 0.25) is 5.02 Å². The van der Waals surface area contributed by atoms with Gasteiger partial charge in [0, 0.05) is 18.7 Å². The molecule has 1 N–H and O–H groups in total. The second-order valence-electron chi connectivity index (χ2n) is 4.31. The Hall–Kier alpha value is -2.34. The summed E-state index contributed by atoms with van der Waals surface area (Å²) in [6.45, 7) is 2.88. The molecule has 0 unspecified atom stereocenters. The van der Waals surface area contributed by atoms with Crippen LogP contribution in [0, 0.1) is 10.1 Å². The zero-order valence-electron chi connectivity index (χ0n) is 11.4. The molecule has 0 aliphatic heterocycles. The number of non-ortho nitro benzene ring substituents is 1. The molecule has 0 saturated heterocycles. The summed E-state index contributed by atoms with van der Waals surface area (Å²) in [4.78, 5) is 14.3. The molecule has 1 aromatic heterocycles. The third kappa shape index (κ3) is 4.06. The standard InChI is InChI=1S/C14H14ClN3O3/c1-2-5-17-10-6-12(9-16-8-10)21-14-7-11(18(19)20)3-4-13(14)15/h3-4,6-9,17H,2,5H2,1H3. The van der Waals surface area contributed by atoms with Crippen molar-refractivity contribution in [3.63, 3.8) is 0 Å². The maximum atomic E-state index is 10.8. The van der Waals surface area contributed by atoms with Crippen molar-refractivity contribution in [3.8, 4) is 11.5 Å². The highest BCUT2D eigenvalue weighted by Gasteiger charge is 2.11. The lowest BCUT2D eigenvalue weighted by molar-refractivity contribution is -0.384. The topological polar surface area (TPSA) is 77.3 Å². The molecule has 0 aliphatic carbocycles. The lowest BCUT2D eigenvalue weighted by Gasteiger charge is -2.09. The fourth-order valence-electron chi connectivity index (χ4n) is 1.65. The molecule has 0 aliphatic rings. The van der Waals surface area contributed by atoms with Gasteiger partial charge in [-0.2, -0.15) is 0 Å². The van der Waals surface area contributed by atoms with E-state index >= 15 is 0 Å². The second-order valence-corrected chi connectivity index (χ2v) is 4.72. The summed E-state index contributed by atoms with van der Waals surface area (Å²) in [5, 5.41) is 14.3. The largest absolute Gasteiger partial charge is 0.454 e. The number of benzene rings is 1. The number of nitrogens with zero attached hydrogens (tertiary/aromatic N) is 2. The number of pyridine rings is 1. The zero-order valence-corrected chi connectivity index (χ0v) is 12.1. The molecule has 6 nitrogen and oxygen atoms in total. The van der Waals surface area contributed by atoms with Crippen LogP contribution in [0.25, 0.3) is 0 Å². The smallest absolute Gasteiger partial charge is 0.273 e. The van der Waals surface area contributed by atoms with Crippen LogP contribution in [0.1, 0.15) is 13.3 Å². The Morgan fingerprint density at radius 2 is 2.19 bits per heavy atom. The molecule has 2 rings (SSSR count). The van der Waals surface area contributed by atoms with Gasteiger partial charge in [0.05, 0.1) is 34.1 Å². The third-order valence-electron chi connectivity index (χ3n) is 2.65. The van der Waals surface area contributed by atoms with Crippen molar-refractivity contribution >= 4 is 23.0 Å². The molecule has 2 aromatic rings. The molecule has 110 valence electrons. The number of nitrogens with one attached hydrogen (secondary N) is 1. The average Bonchev–Trinajstić information content (AvgIpc) is 2.47. The van der Waals surface area contributed by atoms with Gasteiger partial charge in [-0.05, 0) is 12.5 Å². The Balaban J connectivity index is 2.21. The number of nitro groups is 1. The predicted molar refractivity (Wildman–Crippen MR) is 81.2 cm³/mol. The maximum Gasteiger partial charge on any atom is 0.273 e.